The first-order chi connectivity index (χ1) is 34.2. The molecule has 0 unspecified atom stereocenters. The van der Waals surface area contributed by atoms with Crippen LogP contribution in [0.25, 0.3) is 11.6 Å². The highest BCUT2D eigenvalue weighted by Crippen LogP contribution is 2.64. The Morgan fingerprint density at radius 3 is 1.91 bits per heavy atom. The van der Waals surface area contributed by atoms with Crippen LogP contribution in [-0.2, 0) is 38.9 Å². The van der Waals surface area contributed by atoms with E-state index in [0.717, 1.165) is 38.5 Å². The van der Waals surface area contributed by atoms with E-state index in [1.165, 1.54) is 30.6 Å². The number of nitrogens with one attached hydrogen (secondary N) is 3. The van der Waals surface area contributed by atoms with Crippen LogP contribution >= 0.6 is 46.4 Å². The van der Waals surface area contributed by atoms with Crippen molar-refractivity contribution in [3.05, 3.63) is 115 Å². The lowest BCUT2D eigenvalue weighted by molar-refractivity contribution is -0.153. The van der Waals surface area contributed by atoms with Crippen LogP contribution in [0.3, 0.4) is 0 Å². The van der Waals surface area contributed by atoms with Crippen molar-refractivity contribution in [1.29, 1.82) is 0 Å². The first-order valence-corrected chi connectivity index (χ1v) is 25.6. The summed E-state index contributed by atoms with van der Waals surface area (Å²) in [5.41, 5.74) is 6.30. The predicted molar refractivity (Wildman–Crippen MR) is 295 cm³/mol. The normalized spacial score (nSPS) is 21.7. The minimum absolute atomic E-state index is 0. The number of anilines is 2. The van der Waals surface area contributed by atoms with Crippen LogP contribution in [0.1, 0.15) is 150 Å². The van der Waals surface area contributed by atoms with Crippen LogP contribution in [0.2, 0.25) is 20.4 Å². The summed E-state index contributed by atoms with van der Waals surface area (Å²) in [4.78, 5) is 68.3. The Labute approximate surface area is 459 Å². The van der Waals surface area contributed by atoms with Gasteiger partial charge in [-0.15, -0.1) is 0 Å². The van der Waals surface area contributed by atoms with E-state index in [-0.39, 0.29) is 72.6 Å². The molecule has 2 saturated carbocycles. The van der Waals surface area contributed by atoms with Gasteiger partial charge in [-0.2, -0.15) is 0 Å². The Kier molecular flexibility index (Phi) is 20.8. The molecule has 5 N–H and O–H groups in total. The second-order valence-electron chi connectivity index (χ2n) is 21.3. The van der Waals surface area contributed by atoms with Crippen molar-refractivity contribution < 1.29 is 42.2 Å². The number of esters is 2. The Balaban J connectivity index is 0.000000255. The molecule has 1 saturated heterocycles. The van der Waals surface area contributed by atoms with Crippen LogP contribution in [0.4, 0.5) is 20.2 Å². The standard InChI is InChI=1S/C26H28Cl2FN3O3.C14H7Cl2FN2O.C8H14O.C6H13NO2.2CH4/c1-4-35-22(33)20-18(15-7-12-30-21(28)19(15)29)26(25(32-20)10-8-24(2,3)9-11-25)16-6-5-14(27)13-17(16)31-23(26)34;15-8-1-2-9-10(14(20)19-11(9)6-8)5-7-3-4-18-13(16)12(7)17;1-8(2)5-3-7(9)4-6-8;1-6(2,3)9-5(8)4-7;;/h5-7,12-13,18,20,32H,4,8-11H2,1-3H3,(H,31,34);1-6H,(H,19,20);3-6H2,1-2H3;4,7H2,1-3H3;2*1H4/t18-,20+,26+;;;;;/m0...../s1. The van der Waals surface area contributed by atoms with Crippen LogP contribution in [0.5, 0.6) is 0 Å². The van der Waals surface area contributed by atoms with E-state index in [1.807, 2.05) is 6.07 Å². The molecule has 2 aromatic carbocycles. The number of aromatic nitrogens is 2. The smallest absolute Gasteiger partial charge is 0.323 e. The van der Waals surface area contributed by atoms with Crippen LogP contribution in [-0.4, -0.2) is 69.8 Å². The molecular formula is C56H70Cl4F2N6O7. The summed E-state index contributed by atoms with van der Waals surface area (Å²) in [5, 5.41) is 9.69. The minimum atomic E-state index is -1.29. The van der Waals surface area contributed by atoms with Gasteiger partial charge in [0.1, 0.15) is 22.8 Å². The second-order valence-corrected chi connectivity index (χ2v) is 22.8. The van der Waals surface area contributed by atoms with E-state index in [4.69, 9.17) is 61.6 Å². The molecule has 5 heterocycles. The lowest BCUT2D eigenvalue weighted by atomic mass is 9.53. The highest BCUT2D eigenvalue weighted by Gasteiger charge is 2.73. The predicted octanol–water partition coefficient (Wildman–Crippen LogP) is 13.1. The average Bonchev–Trinajstić information content (AvgIpc) is 3.90. The molecule has 4 aromatic rings. The molecule has 0 bridgehead atoms. The zero-order chi connectivity index (χ0) is 53.8. The molecule has 13 nitrogen and oxygen atoms in total. The summed E-state index contributed by atoms with van der Waals surface area (Å²) in [5.74, 6) is -3.33. The number of pyridine rings is 2. The zero-order valence-corrected chi connectivity index (χ0v) is 45.2. The quantitative estimate of drug-likeness (QED) is 0.0845. The Bertz CT molecular complexity index is 2800. The van der Waals surface area contributed by atoms with Crippen molar-refractivity contribution in [3.63, 3.8) is 0 Å². The molecule has 2 amide bonds. The van der Waals surface area contributed by atoms with Gasteiger partial charge in [0.2, 0.25) is 5.91 Å². The van der Waals surface area contributed by atoms with Crippen LogP contribution in [0.15, 0.2) is 60.9 Å². The number of hydrogen-bond acceptors (Lipinski definition) is 11. The van der Waals surface area contributed by atoms with Crippen LogP contribution in [0, 0.1) is 22.5 Å². The maximum Gasteiger partial charge on any atom is 0.323 e. The molecular weight excluding hydrogens is 1050 g/mol. The van der Waals surface area contributed by atoms with Crippen molar-refractivity contribution in [2.75, 3.05) is 23.8 Å². The molecule has 9 rings (SSSR count). The third kappa shape index (κ3) is 13.9. The number of hydrogen-bond donors (Lipinski definition) is 4. The summed E-state index contributed by atoms with van der Waals surface area (Å²) in [7, 11) is 0. The van der Waals surface area contributed by atoms with Crippen molar-refractivity contribution in [2.45, 2.75) is 150 Å². The number of fused-ring (bicyclic) bond motifs is 4. The number of amides is 2. The molecule has 2 spiro atoms. The molecule has 5 aliphatic rings. The number of halogens is 6. The first kappa shape index (κ1) is 62.5. The zero-order valence-electron chi connectivity index (χ0n) is 42.2. The summed E-state index contributed by atoms with van der Waals surface area (Å²) in [6.07, 6.45) is 11.0. The van der Waals surface area contributed by atoms with Gasteiger partial charge < -0.3 is 25.8 Å². The van der Waals surface area contributed by atoms with Crippen molar-refractivity contribution >= 4 is 99.0 Å². The topological polar surface area (TPSA) is 192 Å². The van der Waals surface area contributed by atoms with Gasteiger partial charge in [-0.1, -0.05) is 101 Å². The third-order valence-corrected chi connectivity index (χ3v) is 14.9. The lowest BCUT2D eigenvalue weighted by Gasteiger charge is -2.50. The van der Waals surface area contributed by atoms with E-state index in [2.05, 4.69) is 53.6 Å². The third-order valence-electron chi connectivity index (χ3n) is 13.9. The number of Topliss-reactive ketones (excluding diaryl/α,β-unsaturated/α-hetero) is 1. The molecule has 2 aromatic heterocycles. The van der Waals surface area contributed by atoms with E-state index in [0.29, 0.717) is 62.2 Å². The molecule has 19 heteroatoms. The fourth-order valence-electron chi connectivity index (χ4n) is 10.1. The molecule has 3 atom stereocenters. The Hall–Kier alpha value is -5.03. The Morgan fingerprint density at radius 2 is 1.35 bits per heavy atom. The SMILES string of the molecule is C.C.CC(C)(C)OC(=O)CN.CC1(C)CCC(=O)CC1.CCOC(=O)[C@@H]1NC2(CCC(C)(C)CC2)[C@@]2(C(=O)Nc3cc(Cl)ccc32)[C@H]1c1ccnc(Cl)c1F.O=C1Nc2cc(Cl)ccc2C1=Cc1ccnc(Cl)c1F. The Morgan fingerprint density at radius 1 is 0.787 bits per heavy atom. The van der Waals surface area contributed by atoms with E-state index >= 15 is 4.39 Å². The molecule has 3 aliphatic heterocycles. The number of nitrogens with zero attached hydrogens (tertiary/aromatic N) is 2. The van der Waals surface area contributed by atoms with Crippen molar-refractivity contribution in [2.24, 2.45) is 16.6 Å². The maximum absolute atomic E-state index is 15.6. The fraction of sp³-hybridized carbons (Fsp3) is 0.482. The second kappa shape index (κ2) is 25.0. The number of rotatable bonds is 5. The van der Waals surface area contributed by atoms with Gasteiger partial charge in [0.05, 0.1) is 18.8 Å². The number of nitrogens with two attached hydrogens (primary N) is 1. The molecule has 2 aliphatic carbocycles. The number of ether oxygens (including phenoxy) is 2. The highest BCUT2D eigenvalue weighted by molar-refractivity contribution is 6.37. The number of ketones is 1. The van der Waals surface area contributed by atoms with Gasteiger partial charge in [-0.05, 0) is 131 Å². The number of carbonyl (C=O) groups is 5. The van der Waals surface area contributed by atoms with Gasteiger partial charge in [0, 0.05) is 69.1 Å². The lowest BCUT2D eigenvalue weighted by Crippen LogP contribution is -2.61. The highest BCUT2D eigenvalue weighted by atomic mass is 35.5. The van der Waals surface area contributed by atoms with Crippen molar-refractivity contribution in [1.82, 2.24) is 15.3 Å². The first-order valence-electron chi connectivity index (χ1n) is 24.1. The molecule has 408 valence electrons. The molecule has 0 radical (unpaired) electrons. The average molecular weight is 1120 g/mol. The summed E-state index contributed by atoms with van der Waals surface area (Å²) < 4.78 is 39.7. The van der Waals surface area contributed by atoms with Gasteiger partial charge in [-0.25, -0.2) is 18.7 Å². The van der Waals surface area contributed by atoms with Gasteiger partial charge >= 0.3 is 11.9 Å². The van der Waals surface area contributed by atoms with Gasteiger partial charge in [0.15, 0.2) is 21.9 Å². The molecule has 3 fully saturated rings. The summed E-state index contributed by atoms with van der Waals surface area (Å²) in [6, 6.07) is 12.3. The van der Waals surface area contributed by atoms with Gasteiger partial charge in [-0.3, -0.25) is 29.3 Å². The van der Waals surface area contributed by atoms with E-state index < -0.39 is 46.1 Å². The fourth-order valence-corrected chi connectivity index (χ4v) is 10.8. The maximum atomic E-state index is 15.6. The number of benzene rings is 2. The molecule has 75 heavy (non-hydrogen) atoms. The summed E-state index contributed by atoms with van der Waals surface area (Å²) >= 11 is 23.9. The van der Waals surface area contributed by atoms with E-state index in [9.17, 15) is 28.4 Å². The van der Waals surface area contributed by atoms with Crippen molar-refractivity contribution in [3.8, 4) is 0 Å². The largest absolute Gasteiger partial charge is 0.465 e. The van der Waals surface area contributed by atoms with Gasteiger partial charge in [0.25, 0.3) is 5.91 Å². The number of carbonyl (C=O) groups excluding carboxylic acids is 5. The monoisotopic (exact) mass is 1120 g/mol. The van der Waals surface area contributed by atoms with Crippen LogP contribution < -0.4 is 21.7 Å². The minimum Gasteiger partial charge on any atom is -0.465 e. The van der Waals surface area contributed by atoms with E-state index in [1.54, 1.807) is 58.0 Å². The summed E-state index contributed by atoms with van der Waals surface area (Å²) in [6.45, 7) is 16.1.